The lowest BCUT2D eigenvalue weighted by Gasteiger charge is -2.17. The third-order valence-corrected chi connectivity index (χ3v) is 3.19. The molecule has 0 saturated carbocycles. The first kappa shape index (κ1) is 17.4. The van der Waals surface area contributed by atoms with Gasteiger partial charge in [0, 0.05) is 21.4 Å². The fraction of sp³-hybridized carbons (Fsp3) is 0.933. The summed E-state index contributed by atoms with van der Waals surface area (Å²) in [6.07, 6.45) is 6.40. The minimum atomic E-state index is 0. The summed E-state index contributed by atoms with van der Waals surface area (Å²) in [6, 6.07) is 0. The average molecular weight is 258 g/mol. The predicted molar refractivity (Wildman–Crippen MR) is 80.8 cm³/mol. The van der Waals surface area contributed by atoms with Gasteiger partial charge < -0.3 is 10.2 Å². The van der Waals surface area contributed by atoms with Crippen LogP contribution in [0.1, 0.15) is 60.7 Å². The number of nitrogens with one attached hydrogen (secondary N) is 1. The summed E-state index contributed by atoms with van der Waals surface area (Å²) < 4.78 is 0. The predicted octanol–water partition coefficient (Wildman–Crippen LogP) is 3.30. The second-order valence-corrected chi connectivity index (χ2v) is 5.52. The smallest absolute Gasteiger partial charge is 0.222 e. The van der Waals surface area contributed by atoms with Gasteiger partial charge in [0.05, 0.1) is 0 Å². The molecule has 0 spiro atoms. The number of carbonyl (C=O) groups is 1. The largest absolute Gasteiger partial charge is 0.346 e. The number of rotatable bonds is 11. The highest BCUT2D eigenvalue weighted by atomic mass is 16.2. The molecule has 0 rings (SSSR count). The molecule has 1 amide bonds. The summed E-state index contributed by atoms with van der Waals surface area (Å²) in [4.78, 5) is 13.7. The molecule has 0 aromatic carbocycles. The molecule has 110 valence electrons. The zero-order valence-corrected chi connectivity index (χ0v) is 12.8. The van der Waals surface area contributed by atoms with Gasteiger partial charge in [0.15, 0.2) is 0 Å². The van der Waals surface area contributed by atoms with E-state index in [9.17, 15) is 4.79 Å². The van der Waals surface area contributed by atoms with Crippen LogP contribution in [0.3, 0.4) is 0 Å². The Hall–Kier alpha value is -0.570. The first-order valence-corrected chi connectivity index (χ1v) is 7.52. The van der Waals surface area contributed by atoms with Gasteiger partial charge in [-0.05, 0) is 44.7 Å². The minimum absolute atomic E-state index is 0. The van der Waals surface area contributed by atoms with Crippen LogP contribution in [-0.4, -0.2) is 37.5 Å². The van der Waals surface area contributed by atoms with Gasteiger partial charge >= 0.3 is 0 Å². The molecule has 0 atom stereocenters. The fourth-order valence-corrected chi connectivity index (χ4v) is 1.93. The van der Waals surface area contributed by atoms with E-state index in [-0.39, 0.29) is 1.43 Å². The van der Waals surface area contributed by atoms with Crippen LogP contribution in [0.25, 0.3) is 0 Å². The molecule has 18 heavy (non-hydrogen) atoms. The number of carbonyl (C=O) groups excluding carboxylic acids is 1. The molecule has 0 bridgehead atoms. The molecule has 0 heterocycles. The SMILES string of the molecule is CCNCCCCCC(=O)N(C)CCCC(C)C.[HH]. The lowest BCUT2D eigenvalue weighted by Crippen LogP contribution is -2.27. The van der Waals surface area contributed by atoms with E-state index in [1.165, 1.54) is 12.8 Å². The van der Waals surface area contributed by atoms with Crippen molar-refractivity contribution in [3.8, 4) is 0 Å². The maximum atomic E-state index is 11.8. The number of hydrogen-bond donors (Lipinski definition) is 1. The van der Waals surface area contributed by atoms with E-state index in [0.717, 1.165) is 44.8 Å². The Morgan fingerprint density at radius 2 is 1.94 bits per heavy atom. The lowest BCUT2D eigenvalue weighted by molar-refractivity contribution is -0.130. The Morgan fingerprint density at radius 1 is 1.22 bits per heavy atom. The van der Waals surface area contributed by atoms with Gasteiger partial charge in [0.2, 0.25) is 5.91 Å². The summed E-state index contributed by atoms with van der Waals surface area (Å²) in [6.45, 7) is 9.61. The molecule has 3 nitrogen and oxygen atoms in total. The van der Waals surface area contributed by atoms with Crippen molar-refractivity contribution in [2.45, 2.75) is 59.3 Å². The Labute approximate surface area is 115 Å². The zero-order chi connectivity index (χ0) is 13.8. The summed E-state index contributed by atoms with van der Waals surface area (Å²) in [5.74, 6) is 1.04. The molecule has 3 heteroatoms. The standard InChI is InChI=1S/C15H32N2O.H2/c1-5-16-12-8-6-7-11-15(18)17(4)13-9-10-14(2)3;/h14,16H,5-13H2,1-4H3;1H. The van der Waals surface area contributed by atoms with E-state index >= 15 is 0 Å². The Bertz CT molecular complexity index is 210. The van der Waals surface area contributed by atoms with E-state index in [1.807, 2.05) is 11.9 Å². The first-order valence-electron chi connectivity index (χ1n) is 7.52. The summed E-state index contributed by atoms with van der Waals surface area (Å²) >= 11 is 0. The van der Waals surface area contributed by atoms with Gasteiger partial charge in [0.25, 0.3) is 0 Å². The van der Waals surface area contributed by atoms with Crippen molar-refractivity contribution in [3.63, 3.8) is 0 Å². The van der Waals surface area contributed by atoms with Gasteiger partial charge in [-0.1, -0.05) is 27.2 Å². The van der Waals surface area contributed by atoms with Crippen LogP contribution in [0, 0.1) is 5.92 Å². The van der Waals surface area contributed by atoms with Crippen molar-refractivity contribution < 1.29 is 6.22 Å². The van der Waals surface area contributed by atoms with Crippen LogP contribution in [0.15, 0.2) is 0 Å². The Balaban J connectivity index is 0. The van der Waals surface area contributed by atoms with Crippen molar-refractivity contribution in [1.29, 1.82) is 0 Å². The van der Waals surface area contributed by atoms with E-state index in [1.54, 1.807) is 0 Å². The molecular weight excluding hydrogens is 224 g/mol. The highest BCUT2D eigenvalue weighted by Crippen LogP contribution is 2.06. The molecule has 0 saturated heterocycles. The average Bonchev–Trinajstić information content (AvgIpc) is 2.32. The Kier molecular flexibility index (Phi) is 11.2. The van der Waals surface area contributed by atoms with Crippen LogP contribution in [0.5, 0.6) is 0 Å². The minimum Gasteiger partial charge on any atom is -0.346 e. The molecule has 0 aliphatic rings. The molecule has 0 fully saturated rings. The normalized spacial score (nSPS) is 10.9. The van der Waals surface area contributed by atoms with Crippen LogP contribution in [0.4, 0.5) is 0 Å². The number of nitrogens with zero attached hydrogens (tertiary/aromatic N) is 1. The van der Waals surface area contributed by atoms with Gasteiger partial charge in [-0.3, -0.25) is 4.79 Å². The summed E-state index contributed by atoms with van der Waals surface area (Å²) in [5, 5.41) is 3.30. The first-order chi connectivity index (χ1) is 8.57. The fourth-order valence-electron chi connectivity index (χ4n) is 1.93. The molecule has 0 unspecified atom stereocenters. The quantitative estimate of drug-likeness (QED) is 0.577. The maximum absolute atomic E-state index is 11.8. The number of amides is 1. The van der Waals surface area contributed by atoms with Crippen LogP contribution >= 0.6 is 0 Å². The second-order valence-electron chi connectivity index (χ2n) is 5.52. The highest BCUT2D eigenvalue weighted by molar-refractivity contribution is 5.75. The van der Waals surface area contributed by atoms with Gasteiger partial charge in [-0.15, -0.1) is 0 Å². The lowest BCUT2D eigenvalue weighted by atomic mass is 10.1. The topological polar surface area (TPSA) is 32.3 Å². The van der Waals surface area contributed by atoms with Gasteiger partial charge in [0.1, 0.15) is 0 Å². The Morgan fingerprint density at radius 3 is 2.56 bits per heavy atom. The number of unbranched alkanes of at least 4 members (excludes halogenated alkanes) is 2. The van der Waals surface area contributed by atoms with Crippen molar-refractivity contribution in [3.05, 3.63) is 0 Å². The molecule has 0 aromatic rings. The summed E-state index contributed by atoms with van der Waals surface area (Å²) in [5.41, 5.74) is 0. The van der Waals surface area contributed by atoms with Crippen molar-refractivity contribution in [2.75, 3.05) is 26.7 Å². The molecular formula is C15H34N2O. The second kappa shape index (κ2) is 11.5. The zero-order valence-electron chi connectivity index (χ0n) is 12.8. The molecule has 0 aliphatic heterocycles. The molecule has 0 aromatic heterocycles. The van der Waals surface area contributed by atoms with Crippen LogP contribution in [0.2, 0.25) is 0 Å². The van der Waals surface area contributed by atoms with E-state index in [0.29, 0.717) is 12.3 Å². The monoisotopic (exact) mass is 258 g/mol. The van der Waals surface area contributed by atoms with Gasteiger partial charge in [-0.25, -0.2) is 0 Å². The molecule has 1 N–H and O–H groups in total. The maximum Gasteiger partial charge on any atom is 0.222 e. The van der Waals surface area contributed by atoms with E-state index in [2.05, 4.69) is 26.1 Å². The van der Waals surface area contributed by atoms with E-state index < -0.39 is 0 Å². The number of hydrogen-bond acceptors (Lipinski definition) is 2. The van der Waals surface area contributed by atoms with Gasteiger partial charge in [-0.2, -0.15) is 0 Å². The third-order valence-electron chi connectivity index (χ3n) is 3.19. The van der Waals surface area contributed by atoms with Crippen LogP contribution in [-0.2, 0) is 4.79 Å². The molecule has 0 radical (unpaired) electrons. The van der Waals surface area contributed by atoms with E-state index in [4.69, 9.17) is 0 Å². The third kappa shape index (κ3) is 10.6. The summed E-state index contributed by atoms with van der Waals surface area (Å²) in [7, 11) is 1.93. The van der Waals surface area contributed by atoms with Crippen molar-refractivity contribution in [1.82, 2.24) is 10.2 Å². The van der Waals surface area contributed by atoms with Crippen LogP contribution < -0.4 is 5.32 Å². The van der Waals surface area contributed by atoms with Crippen molar-refractivity contribution >= 4 is 5.91 Å². The molecule has 0 aliphatic carbocycles. The van der Waals surface area contributed by atoms with Crippen molar-refractivity contribution in [2.24, 2.45) is 5.92 Å². The highest BCUT2D eigenvalue weighted by Gasteiger charge is 2.07.